The number of rotatable bonds is 6. The third-order valence-electron chi connectivity index (χ3n) is 3.09. The highest BCUT2D eigenvalue weighted by molar-refractivity contribution is 7.08. The van der Waals surface area contributed by atoms with Gasteiger partial charge in [0, 0.05) is 6.54 Å². The standard InChI is InChI=1S/C15H21N3OS2/c1-3-16-14(17-8-12-4-6-20-9-12)18-11-15(2,19)13-5-7-21-10-13/h4-7,9-10,19H,3,8,11H2,1-2H3,(H2,16,17,18). The van der Waals surface area contributed by atoms with Gasteiger partial charge in [-0.05, 0) is 58.6 Å². The van der Waals surface area contributed by atoms with Gasteiger partial charge >= 0.3 is 0 Å². The van der Waals surface area contributed by atoms with Crippen LogP contribution in [0.2, 0.25) is 0 Å². The number of hydrogen-bond donors (Lipinski definition) is 3. The molecule has 2 heterocycles. The molecule has 0 saturated carbocycles. The Bertz CT molecular complexity index is 548. The van der Waals surface area contributed by atoms with Crippen LogP contribution in [0.3, 0.4) is 0 Å². The van der Waals surface area contributed by atoms with Crippen molar-refractivity contribution in [1.82, 2.24) is 10.6 Å². The number of nitrogens with zero attached hydrogens (tertiary/aromatic N) is 1. The number of hydrogen-bond acceptors (Lipinski definition) is 4. The van der Waals surface area contributed by atoms with Crippen LogP contribution in [0, 0.1) is 0 Å². The summed E-state index contributed by atoms with van der Waals surface area (Å²) in [6, 6.07) is 4.01. The molecule has 0 fully saturated rings. The minimum absolute atomic E-state index is 0.416. The molecule has 2 aromatic rings. The molecule has 6 heteroatoms. The van der Waals surface area contributed by atoms with Crippen LogP contribution in [0.1, 0.15) is 25.0 Å². The van der Waals surface area contributed by atoms with Crippen molar-refractivity contribution in [2.45, 2.75) is 26.0 Å². The minimum Gasteiger partial charge on any atom is -0.384 e. The summed E-state index contributed by atoms with van der Waals surface area (Å²) in [5, 5.41) is 25.0. The Kier molecular flexibility index (Phi) is 5.78. The average Bonchev–Trinajstić information content (AvgIpc) is 3.14. The molecule has 2 aromatic heterocycles. The third kappa shape index (κ3) is 4.84. The van der Waals surface area contributed by atoms with E-state index in [2.05, 4.69) is 27.1 Å². The molecular weight excluding hydrogens is 302 g/mol. The first-order valence-electron chi connectivity index (χ1n) is 6.90. The van der Waals surface area contributed by atoms with Crippen molar-refractivity contribution < 1.29 is 5.11 Å². The lowest BCUT2D eigenvalue weighted by atomic mass is 9.99. The highest BCUT2D eigenvalue weighted by Gasteiger charge is 2.23. The van der Waals surface area contributed by atoms with Crippen molar-refractivity contribution in [3.8, 4) is 0 Å². The molecule has 0 aliphatic heterocycles. The number of aliphatic imine (C=N–C) groups is 1. The molecule has 0 radical (unpaired) electrons. The van der Waals surface area contributed by atoms with Gasteiger partial charge < -0.3 is 15.7 Å². The van der Waals surface area contributed by atoms with Crippen molar-refractivity contribution in [1.29, 1.82) is 0 Å². The fourth-order valence-electron chi connectivity index (χ4n) is 1.82. The van der Waals surface area contributed by atoms with E-state index in [1.165, 1.54) is 5.56 Å². The zero-order valence-electron chi connectivity index (χ0n) is 12.3. The molecule has 0 aliphatic carbocycles. The monoisotopic (exact) mass is 323 g/mol. The Balaban J connectivity index is 1.95. The van der Waals surface area contributed by atoms with Crippen molar-refractivity contribution in [3.63, 3.8) is 0 Å². The van der Waals surface area contributed by atoms with Crippen molar-refractivity contribution in [2.75, 3.05) is 13.1 Å². The van der Waals surface area contributed by atoms with Crippen molar-refractivity contribution >= 4 is 28.6 Å². The molecular formula is C15H21N3OS2. The van der Waals surface area contributed by atoms with Gasteiger partial charge in [-0.1, -0.05) is 0 Å². The lowest BCUT2D eigenvalue weighted by Gasteiger charge is -2.24. The molecule has 1 unspecified atom stereocenters. The topological polar surface area (TPSA) is 56.7 Å². The van der Waals surface area contributed by atoms with Crippen LogP contribution in [0.25, 0.3) is 0 Å². The van der Waals surface area contributed by atoms with Crippen LogP contribution < -0.4 is 10.6 Å². The van der Waals surface area contributed by atoms with Crippen molar-refractivity contribution in [2.24, 2.45) is 4.99 Å². The fraction of sp³-hybridized carbons (Fsp3) is 0.400. The Morgan fingerprint density at radius 2 is 2.00 bits per heavy atom. The number of thiophene rings is 2. The lowest BCUT2D eigenvalue weighted by Crippen LogP contribution is -2.44. The van der Waals surface area contributed by atoms with Gasteiger partial charge in [0.15, 0.2) is 5.96 Å². The van der Waals surface area contributed by atoms with E-state index in [4.69, 9.17) is 0 Å². The SMILES string of the molecule is CCNC(=NCc1ccsc1)NCC(C)(O)c1ccsc1. The van der Waals surface area contributed by atoms with E-state index in [1.807, 2.05) is 36.1 Å². The van der Waals surface area contributed by atoms with E-state index >= 15 is 0 Å². The second kappa shape index (κ2) is 7.59. The number of nitrogens with one attached hydrogen (secondary N) is 2. The van der Waals surface area contributed by atoms with E-state index in [0.717, 1.165) is 18.1 Å². The van der Waals surface area contributed by atoms with Crippen LogP contribution >= 0.6 is 22.7 Å². The molecule has 0 bridgehead atoms. The molecule has 0 spiro atoms. The average molecular weight is 323 g/mol. The van der Waals surface area contributed by atoms with Gasteiger partial charge in [0.05, 0.1) is 13.1 Å². The van der Waals surface area contributed by atoms with Crippen LogP contribution in [-0.2, 0) is 12.1 Å². The quantitative estimate of drug-likeness (QED) is 0.566. The van der Waals surface area contributed by atoms with Gasteiger partial charge in [-0.25, -0.2) is 4.99 Å². The molecule has 21 heavy (non-hydrogen) atoms. The van der Waals surface area contributed by atoms with Gasteiger partial charge in [0.1, 0.15) is 5.60 Å². The maximum absolute atomic E-state index is 10.5. The van der Waals surface area contributed by atoms with Gasteiger partial charge in [0.25, 0.3) is 0 Å². The first-order valence-corrected chi connectivity index (χ1v) is 8.78. The summed E-state index contributed by atoms with van der Waals surface area (Å²) < 4.78 is 0. The smallest absolute Gasteiger partial charge is 0.191 e. The molecule has 1 atom stereocenters. The highest BCUT2D eigenvalue weighted by Crippen LogP contribution is 2.21. The van der Waals surface area contributed by atoms with E-state index in [0.29, 0.717) is 13.1 Å². The zero-order chi connectivity index (χ0) is 15.1. The summed E-state index contributed by atoms with van der Waals surface area (Å²) in [6.45, 7) is 5.68. The fourth-order valence-corrected chi connectivity index (χ4v) is 3.27. The zero-order valence-corrected chi connectivity index (χ0v) is 13.9. The molecule has 2 rings (SSSR count). The maximum atomic E-state index is 10.5. The third-order valence-corrected chi connectivity index (χ3v) is 4.50. The van der Waals surface area contributed by atoms with E-state index in [9.17, 15) is 5.11 Å². The minimum atomic E-state index is -0.904. The van der Waals surface area contributed by atoms with Crippen LogP contribution in [0.4, 0.5) is 0 Å². The first-order chi connectivity index (χ1) is 10.1. The van der Waals surface area contributed by atoms with Gasteiger partial charge in [0.2, 0.25) is 0 Å². The normalized spacial score (nSPS) is 14.7. The second-order valence-electron chi connectivity index (χ2n) is 4.97. The van der Waals surface area contributed by atoms with Gasteiger partial charge in [-0.15, -0.1) is 0 Å². The van der Waals surface area contributed by atoms with Crippen LogP contribution in [-0.4, -0.2) is 24.2 Å². The summed E-state index contributed by atoms with van der Waals surface area (Å²) in [7, 11) is 0. The second-order valence-corrected chi connectivity index (χ2v) is 6.53. The van der Waals surface area contributed by atoms with E-state index in [1.54, 1.807) is 22.7 Å². The largest absolute Gasteiger partial charge is 0.384 e. The first kappa shape index (κ1) is 16.0. The number of guanidine groups is 1. The summed E-state index contributed by atoms with van der Waals surface area (Å²) in [5.41, 5.74) is 1.22. The molecule has 3 N–H and O–H groups in total. The predicted octanol–water partition coefficient (Wildman–Crippen LogP) is 2.77. The van der Waals surface area contributed by atoms with Gasteiger partial charge in [-0.2, -0.15) is 22.7 Å². The van der Waals surface area contributed by atoms with Crippen LogP contribution in [0.5, 0.6) is 0 Å². The molecule has 114 valence electrons. The van der Waals surface area contributed by atoms with Gasteiger partial charge in [-0.3, -0.25) is 0 Å². The predicted molar refractivity (Wildman–Crippen MR) is 91.0 cm³/mol. The summed E-state index contributed by atoms with van der Waals surface area (Å²) in [5.74, 6) is 0.721. The Hall–Kier alpha value is -1.37. The molecule has 0 aromatic carbocycles. The molecule has 0 amide bonds. The Labute approximate surface area is 133 Å². The number of aliphatic hydroxyl groups is 1. The Morgan fingerprint density at radius 1 is 1.24 bits per heavy atom. The highest BCUT2D eigenvalue weighted by atomic mass is 32.1. The summed E-state index contributed by atoms with van der Waals surface area (Å²) >= 11 is 3.26. The Morgan fingerprint density at radius 3 is 2.62 bits per heavy atom. The molecule has 0 saturated heterocycles. The lowest BCUT2D eigenvalue weighted by molar-refractivity contribution is 0.0621. The van der Waals surface area contributed by atoms with Crippen molar-refractivity contribution in [3.05, 3.63) is 44.8 Å². The van der Waals surface area contributed by atoms with E-state index < -0.39 is 5.60 Å². The molecule has 0 aliphatic rings. The molecule has 4 nitrogen and oxygen atoms in total. The van der Waals surface area contributed by atoms with E-state index in [-0.39, 0.29) is 0 Å². The summed E-state index contributed by atoms with van der Waals surface area (Å²) in [6.07, 6.45) is 0. The van der Waals surface area contributed by atoms with Crippen LogP contribution in [0.15, 0.2) is 38.6 Å². The maximum Gasteiger partial charge on any atom is 0.191 e. The summed E-state index contributed by atoms with van der Waals surface area (Å²) in [4.78, 5) is 4.53.